The van der Waals surface area contributed by atoms with Crippen LogP contribution in [0.15, 0.2) is 30.3 Å². The number of hydrogen-bond donors (Lipinski definition) is 2. The second kappa shape index (κ2) is 10.3. The number of carbonyl (C=O) groups excluding carboxylic acids is 1. The smallest absolute Gasteiger partial charge is 0.305 e. The van der Waals surface area contributed by atoms with Crippen LogP contribution in [0.25, 0.3) is 0 Å². The quantitative estimate of drug-likeness (QED) is 0.336. The van der Waals surface area contributed by atoms with Crippen molar-refractivity contribution in [3.8, 4) is 5.75 Å². The fraction of sp³-hybridized carbons (Fsp3) is 0.350. The minimum Gasteiger partial charge on any atom is -0.493 e. The molecule has 2 aromatic rings. The Morgan fingerprint density at radius 2 is 2.00 bits per heavy atom. The number of nitrogens with two attached hydrogens (primary N) is 1. The average molecular weight is 411 g/mol. The molecule has 0 saturated carbocycles. The highest BCUT2D eigenvalue weighted by molar-refractivity contribution is 6.35. The Bertz CT molecular complexity index is 797. The van der Waals surface area contributed by atoms with Crippen molar-refractivity contribution in [3.63, 3.8) is 0 Å². The van der Waals surface area contributed by atoms with Gasteiger partial charge in [0, 0.05) is 29.1 Å². The molecule has 0 aliphatic carbocycles. The largest absolute Gasteiger partial charge is 0.493 e. The van der Waals surface area contributed by atoms with Gasteiger partial charge in [-0.2, -0.15) is 0 Å². The lowest BCUT2D eigenvalue weighted by Gasteiger charge is -2.15. The summed E-state index contributed by atoms with van der Waals surface area (Å²) in [6, 6.07) is 9.09. The van der Waals surface area contributed by atoms with Crippen molar-refractivity contribution in [2.24, 2.45) is 0 Å². The Kier molecular flexibility index (Phi) is 8.07. The average Bonchev–Trinajstić information content (AvgIpc) is 2.62. The number of anilines is 2. The highest BCUT2D eigenvalue weighted by Crippen LogP contribution is 2.30. The van der Waals surface area contributed by atoms with Gasteiger partial charge in [-0.1, -0.05) is 29.3 Å². The summed E-state index contributed by atoms with van der Waals surface area (Å²) in [5.41, 5.74) is 9.41. The first-order chi connectivity index (χ1) is 12.9. The molecule has 0 spiro atoms. The Balaban J connectivity index is 1.97. The summed E-state index contributed by atoms with van der Waals surface area (Å²) in [6.45, 7) is 5.03. The number of rotatable bonds is 9. The third kappa shape index (κ3) is 6.52. The number of halogens is 2. The number of esters is 1. The lowest BCUT2D eigenvalue weighted by Crippen LogP contribution is -2.08. The van der Waals surface area contributed by atoms with Crippen LogP contribution in [0.5, 0.6) is 5.75 Å². The molecule has 146 valence electrons. The molecule has 7 heteroatoms. The number of aryl methyl sites for hydroxylation is 1. The number of nitrogen functional groups attached to an aromatic ring is 1. The first kappa shape index (κ1) is 21.2. The normalized spacial score (nSPS) is 10.5. The maximum Gasteiger partial charge on any atom is 0.305 e. The second-order valence-corrected chi connectivity index (χ2v) is 6.89. The van der Waals surface area contributed by atoms with E-state index in [1.54, 1.807) is 19.1 Å². The number of carbonyl (C=O) groups is 1. The number of benzene rings is 2. The summed E-state index contributed by atoms with van der Waals surface area (Å²) in [5.74, 6) is 0.479. The zero-order chi connectivity index (χ0) is 19.8. The summed E-state index contributed by atoms with van der Waals surface area (Å²) < 4.78 is 10.7. The van der Waals surface area contributed by atoms with E-state index in [9.17, 15) is 4.79 Å². The lowest BCUT2D eigenvalue weighted by molar-refractivity contribution is -0.143. The molecule has 0 amide bonds. The Morgan fingerprint density at radius 1 is 1.22 bits per heavy atom. The third-order valence-corrected chi connectivity index (χ3v) is 4.53. The molecule has 0 aliphatic rings. The third-order valence-electron chi connectivity index (χ3n) is 3.94. The zero-order valence-corrected chi connectivity index (χ0v) is 17.0. The van der Waals surface area contributed by atoms with Crippen LogP contribution < -0.4 is 15.8 Å². The Morgan fingerprint density at radius 3 is 2.70 bits per heavy atom. The summed E-state index contributed by atoms with van der Waals surface area (Å²) in [6.07, 6.45) is 0.924. The van der Waals surface area contributed by atoms with Crippen LogP contribution in [0.2, 0.25) is 10.0 Å². The molecule has 0 heterocycles. The molecule has 0 aliphatic heterocycles. The molecule has 2 rings (SSSR count). The Labute approximate surface area is 169 Å². The van der Waals surface area contributed by atoms with Crippen molar-refractivity contribution in [1.29, 1.82) is 0 Å². The van der Waals surface area contributed by atoms with Crippen LogP contribution in [0, 0.1) is 6.92 Å². The first-order valence-electron chi connectivity index (χ1n) is 8.77. The van der Waals surface area contributed by atoms with Crippen molar-refractivity contribution >= 4 is 40.5 Å². The van der Waals surface area contributed by atoms with Crippen molar-refractivity contribution < 1.29 is 14.3 Å². The fourth-order valence-corrected chi connectivity index (χ4v) is 2.97. The predicted molar refractivity (Wildman–Crippen MR) is 111 cm³/mol. The minimum atomic E-state index is -0.211. The van der Waals surface area contributed by atoms with E-state index in [1.165, 1.54) is 0 Å². The summed E-state index contributed by atoms with van der Waals surface area (Å²) in [5, 5.41) is 4.48. The maximum atomic E-state index is 11.4. The lowest BCUT2D eigenvalue weighted by atomic mass is 10.1. The van der Waals surface area contributed by atoms with Gasteiger partial charge in [0.25, 0.3) is 0 Å². The molecule has 0 unspecified atom stereocenters. The van der Waals surface area contributed by atoms with E-state index >= 15 is 0 Å². The van der Waals surface area contributed by atoms with Crippen LogP contribution in [-0.2, 0) is 16.1 Å². The van der Waals surface area contributed by atoms with E-state index in [0.717, 1.165) is 16.8 Å². The monoisotopic (exact) mass is 410 g/mol. The Hall–Kier alpha value is -2.11. The fourth-order valence-electron chi connectivity index (χ4n) is 2.49. The SMILES string of the molecule is CCOC(=O)CCCOc1cc(C)c(N)c(NCc2ccc(Cl)cc2Cl)c1. The molecular formula is C20H24Cl2N2O3. The molecule has 0 saturated heterocycles. The van der Waals surface area contributed by atoms with Gasteiger partial charge in [-0.3, -0.25) is 4.79 Å². The maximum absolute atomic E-state index is 11.4. The number of hydrogen-bond acceptors (Lipinski definition) is 5. The minimum absolute atomic E-state index is 0.211. The summed E-state index contributed by atoms with van der Waals surface area (Å²) >= 11 is 12.1. The van der Waals surface area contributed by atoms with Crippen molar-refractivity contribution in [2.75, 3.05) is 24.3 Å². The van der Waals surface area contributed by atoms with Crippen LogP contribution in [0.4, 0.5) is 11.4 Å². The van der Waals surface area contributed by atoms with Gasteiger partial charge >= 0.3 is 5.97 Å². The van der Waals surface area contributed by atoms with E-state index in [1.807, 2.05) is 25.1 Å². The van der Waals surface area contributed by atoms with Crippen molar-refractivity contribution in [2.45, 2.75) is 33.2 Å². The van der Waals surface area contributed by atoms with Crippen LogP contribution in [0.3, 0.4) is 0 Å². The van der Waals surface area contributed by atoms with Gasteiger partial charge in [0.2, 0.25) is 0 Å². The molecule has 0 atom stereocenters. The first-order valence-corrected chi connectivity index (χ1v) is 9.52. The molecule has 2 aromatic carbocycles. The van der Waals surface area contributed by atoms with E-state index in [-0.39, 0.29) is 5.97 Å². The van der Waals surface area contributed by atoms with Crippen molar-refractivity contribution in [1.82, 2.24) is 0 Å². The van der Waals surface area contributed by atoms with E-state index in [4.69, 9.17) is 38.4 Å². The summed E-state index contributed by atoms with van der Waals surface area (Å²) in [7, 11) is 0. The summed E-state index contributed by atoms with van der Waals surface area (Å²) in [4.78, 5) is 11.4. The topological polar surface area (TPSA) is 73.6 Å². The molecule has 27 heavy (non-hydrogen) atoms. The van der Waals surface area contributed by atoms with Gasteiger partial charge in [0.15, 0.2) is 0 Å². The van der Waals surface area contributed by atoms with Crippen molar-refractivity contribution in [3.05, 3.63) is 51.5 Å². The number of ether oxygens (including phenoxy) is 2. The molecule has 0 fully saturated rings. The zero-order valence-electron chi connectivity index (χ0n) is 15.5. The van der Waals surface area contributed by atoms with Gasteiger partial charge in [0.1, 0.15) is 5.75 Å². The molecule has 3 N–H and O–H groups in total. The highest BCUT2D eigenvalue weighted by atomic mass is 35.5. The number of nitrogens with one attached hydrogen (secondary N) is 1. The molecular weight excluding hydrogens is 387 g/mol. The predicted octanol–water partition coefficient (Wildman–Crippen LogP) is 5.22. The van der Waals surface area contributed by atoms with E-state index < -0.39 is 0 Å². The van der Waals surface area contributed by atoms with Gasteiger partial charge in [0.05, 0.1) is 24.6 Å². The molecule has 0 bridgehead atoms. The molecule has 0 aromatic heterocycles. The van der Waals surface area contributed by atoms with Crippen LogP contribution in [-0.4, -0.2) is 19.2 Å². The standard InChI is InChI=1S/C20H24Cl2N2O3/c1-3-26-19(25)5-4-8-27-16-9-13(2)20(23)18(11-16)24-12-14-6-7-15(21)10-17(14)22/h6-7,9-11,24H,3-5,8,12,23H2,1-2H3. The van der Waals surface area contributed by atoms with Gasteiger partial charge < -0.3 is 20.5 Å². The van der Waals surface area contributed by atoms with Crippen LogP contribution in [0.1, 0.15) is 30.9 Å². The molecule has 0 radical (unpaired) electrons. The van der Waals surface area contributed by atoms with Gasteiger partial charge in [-0.05, 0) is 49.6 Å². The second-order valence-electron chi connectivity index (χ2n) is 6.05. The van der Waals surface area contributed by atoms with Gasteiger partial charge in [-0.15, -0.1) is 0 Å². The van der Waals surface area contributed by atoms with Crippen LogP contribution >= 0.6 is 23.2 Å². The molecule has 5 nitrogen and oxygen atoms in total. The van der Waals surface area contributed by atoms with E-state index in [2.05, 4.69) is 5.32 Å². The van der Waals surface area contributed by atoms with E-state index in [0.29, 0.717) is 54.1 Å². The van der Waals surface area contributed by atoms with Gasteiger partial charge in [-0.25, -0.2) is 0 Å². The highest BCUT2D eigenvalue weighted by Gasteiger charge is 2.09.